The van der Waals surface area contributed by atoms with Crippen molar-refractivity contribution in [2.24, 2.45) is 11.8 Å². The van der Waals surface area contributed by atoms with Crippen molar-refractivity contribution in [1.29, 1.82) is 0 Å². The van der Waals surface area contributed by atoms with Gasteiger partial charge in [0, 0.05) is 0 Å². The van der Waals surface area contributed by atoms with Gasteiger partial charge in [-0.25, -0.2) is 0 Å². The Kier molecular flexibility index (Phi) is 10.4. The van der Waals surface area contributed by atoms with E-state index in [0.29, 0.717) is 0 Å². The van der Waals surface area contributed by atoms with E-state index in [4.69, 9.17) is 0 Å². The van der Waals surface area contributed by atoms with Gasteiger partial charge in [-0.3, -0.25) is 0 Å². The number of hydrogen-bond acceptors (Lipinski definition) is 1. The molecule has 1 heteroatoms. The molecule has 92 valence electrons. The van der Waals surface area contributed by atoms with Crippen molar-refractivity contribution in [1.82, 2.24) is 5.32 Å². The van der Waals surface area contributed by atoms with Gasteiger partial charge >= 0.3 is 0 Å². The van der Waals surface area contributed by atoms with Gasteiger partial charge < -0.3 is 5.32 Å². The normalized spacial score (nSPS) is 15.2. The van der Waals surface area contributed by atoms with Gasteiger partial charge in [-0.2, -0.15) is 0 Å². The van der Waals surface area contributed by atoms with Crippen molar-refractivity contribution in [3.8, 4) is 0 Å². The second-order valence-electron chi connectivity index (χ2n) is 4.84. The maximum absolute atomic E-state index is 3.32. The lowest BCUT2D eigenvalue weighted by Crippen LogP contribution is -2.20. The highest BCUT2D eigenvalue weighted by molar-refractivity contribution is 4.66. The molecule has 1 nitrogen and oxygen atoms in total. The van der Waals surface area contributed by atoms with Crippen LogP contribution >= 0.6 is 0 Å². The molecule has 2 atom stereocenters. The predicted molar refractivity (Wildman–Crippen MR) is 70.2 cm³/mol. The van der Waals surface area contributed by atoms with Crippen LogP contribution in [0.2, 0.25) is 0 Å². The Balaban J connectivity index is 3.73. The van der Waals surface area contributed by atoms with Gasteiger partial charge in [-0.05, 0) is 31.8 Å². The van der Waals surface area contributed by atoms with E-state index in [0.717, 1.165) is 11.8 Å². The van der Waals surface area contributed by atoms with E-state index in [9.17, 15) is 0 Å². The maximum Gasteiger partial charge on any atom is -0.00235 e. The van der Waals surface area contributed by atoms with Crippen LogP contribution < -0.4 is 5.32 Å². The van der Waals surface area contributed by atoms with Crippen LogP contribution in [0, 0.1) is 11.8 Å². The molecule has 2 unspecified atom stereocenters. The molecule has 0 saturated carbocycles. The summed E-state index contributed by atoms with van der Waals surface area (Å²) in [7, 11) is 2.07. The highest BCUT2D eigenvalue weighted by Gasteiger charge is 2.12. The fraction of sp³-hybridized carbons (Fsp3) is 1.00. The monoisotopic (exact) mass is 213 g/mol. The molecule has 0 rings (SSSR count). The average Bonchev–Trinajstić information content (AvgIpc) is 2.26. The van der Waals surface area contributed by atoms with Crippen LogP contribution in [-0.2, 0) is 0 Å². The van der Waals surface area contributed by atoms with Crippen LogP contribution in [0.3, 0.4) is 0 Å². The molecule has 0 aliphatic rings. The summed E-state index contributed by atoms with van der Waals surface area (Å²) in [5.41, 5.74) is 0. The minimum atomic E-state index is 0.890. The first kappa shape index (κ1) is 15.0. The van der Waals surface area contributed by atoms with Gasteiger partial charge in [-0.1, -0.05) is 59.3 Å². The second-order valence-corrected chi connectivity index (χ2v) is 4.84. The summed E-state index contributed by atoms with van der Waals surface area (Å²) < 4.78 is 0. The van der Waals surface area contributed by atoms with Crippen molar-refractivity contribution < 1.29 is 0 Å². The third-order valence-corrected chi connectivity index (χ3v) is 3.53. The summed E-state index contributed by atoms with van der Waals surface area (Å²) in [5, 5.41) is 3.32. The Hall–Kier alpha value is -0.0400. The zero-order valence-corrected chi connectivity index (χ0v) is 11.3. The van der Waals surface area contributed by atoms with Crippen molar-refractivity contribution >= 4 is 0 Å². The quantitative estimate of drug-likeness (QED) is 0.536. The molecular weight excluding hydrogens is 182 g/mol. The van der Waals surface area contributed by atoms with E-state index in [-0.39, 0.29) is 0 Å². The molecule has 0 saturated heterocycles. The van der Waals surface area contributed by atoms with E-state index in [1.54, 1.807) is 0 Å². The smallest absolute Gasteiger partial charge is 0.00235 e. The van der Waals surface area contributed by atoms with Crippen LogP contribution in [0.4, 0.5) is 0 Å². The van der Waals surface area contributed by atoms with E-state index in [1.165, 1.54) is 51.5 Å². The molecule has 0 bridgehead atoms. The lowest BCUT2D eigenvalue weighted by molar-refractivity contribution is 0.323. The van der Waals surface area contributed by atoms with E-state index < -0.39 is 0 Å². The maximum atomic E-state index is 3.32. The topological polar surface area (TPSA) is 12.0 Å². The number of hydrogen-bond donors (Lipinski definition) is 1. The Bertz CT molecular complexity index is 123. The minimum Gasteiger partial charge on any atom is -0.319 e. The SMILES string of the molecule is CCCCCC(CC)CC(CC)CNC. The lowest BCUT2D eigenvalue weighted by Gasteiger charge is -2.21. The third kappa shape index (κ3) is 7.84. The molecule has 0 aromatic heterocycles. The molecule has 0 aromatic carbocycles. The fourth-order valence-electron chi connectivity index (χ4n) is 2.33. The van der Waals surface area contributed by atoms with Crippen LogP contribution in [0.25, 0.3) is 0 Å². The molecule has 0 aromatic rings. The zero-order chi connectivity index (χ0) is 11.5. The summed E-state index contributed by atoms with van der Waals surface area (Å²) in [6, 6.07) is 0. The highest BCUT2D eigenvalue weighted by Crippen LogP contribution is 2.23. The Labute approximate surface area is 97.0 Å². The van der Waals surface area contributed by atoms with Gasteiger partial charge in [0.25, 0.3) is 0 Å². The molecule has 15 heavy (non-hydrogen) atoms. The van der Waals surface area contributed by atoms with E-state index >= 15 is 0 Å². The van der Waals surface area contributed by atoms with Crippen LogP contribution in [-0.4, -0.2) is 13.6 Å². The Morgan fingerprint density at radius 2 is 1.60 bits per heavy atom. The van der Waals surface area contributed by atoms with Crippen molar-refractivity contribution in [2.75, 3.05) is 13.6 Å². The van der Waals surface area contributed by atoms with Gasteiger partial charge in [0.1, 0.15) is 0 Å². The van der Waals surface area contributed by atoms with Crippen molar-refractivity contribution in [3.63, 3.8) is 0 Å². The van der Waals surface area contributed by atoms with Gasteiger partial charge in [0.2, 0.25) is 0 Å². The molecule has 0 fully saturated rings. The molecule has 0 aliphatic carbocycles. The van der Waals surface area contributed by atoms with E-state index in [1.807, 2.05) is 0 Å². The highest BCUT2D eigenvalue weighted by atomic mass is 14.8. The standard InChI is InChI=1S/C14H31N/c1-5-8-9-10-13(6-2)11-14(7-3)12-15-4/h13-15H,5-12H2,1-4H3. The van der Waals surface area contributed by atoms with Crippen molar-refractivity contribution in [3.05, 3.63) is 0 Å². The summed E-state index contributed by atoms with van der Waals surface area (Å²) >= 11 is 0. The third-order valence-electron chi connectivity index (χ3n) is 3.53. The first-order valence-corrected chi connectivity index (χ1v) is 6.92. The predicted octanol–water partition coefficient (Wildman–Crippen LogP) is 4.23. The first-order chi connectivity index (χ1) is 7.28. The summed E-state index contributed by atoms with van der Waals surface area (Å²) in [5.74, 6) is 1.86. The molecule has 1 N–H and O–H groups in total. The molecule has 0 amide bonds. The second kappa shape index (κ2) is 10.5. The van der Waals surface area contributed by atoms with Gasteiger partial charge in [0.05, 0.1) is 0 Å². The molecule has 0 spiro atoms. The van der Waals surface area contributed by atoms with Crippen LogP contribution in [0.15, 0.2) is 0 Å². The van der Waals surface area contributed by atoms with Crippen LogP contribution in [0.1, 0.15) is 65.7 Å². The zero-order valence-electron chi connectivity index (χ0n) is 11.3. The molecule has 0 aliphatic heterocycles. The molecular formula is C14H31N. The number of nitrogens with one attached hydrogen (secondary N) is 1. The average molecular weight is 213 g/mol. The molecule has 0 heterocycles. The summed E-state index contributed by atoms with van der Waals surface area (Å²) in [4.78, 5) is 0. The fourth-order valence-corrected chi connectivity index (χ4v) is 2.33. The Morgan fingerprint density at radius 1 is 0.933 bits per heavy atom. The van der Waals surface area contributed by atoms with Gasteiger partial charge in [0.15, 0.2) is 0 Å². The largest absolute Gasteiger partial charge is 0.319 e. The van der Waals surface area contributed by atoms with Gasteiger partial charge in [-0.15, -0.1) is 0 Å². The molecule has 0 radical (unpaired) electrons. The van der Waals surface area contributed by atoms with Crippen LogP contribution in [0.5, 0.6) is 0 Å². The van der Waals surface area contributed by atoms with E-state index in [2.05, 4.69) is 33.1 Å². The lowest BCUT2D eigenvalue weighted by atomic mass is 9.87. The number of rotatable bonds is 10. The number of unbranched alkanes of at least 4 members (excludes halogenated alkanes) is 2. The summed E-state index contributed by atoms with van der Waals surface area (Å²) in [6.07, 6.45) is 9.77. The summed E-state index contributed by atoms with van der Waals surface area (Å²) in [6.45, 7) is 8.15. The Morgan fingerprint density at radius 3 is 2.07 bits per heavy atom. The minimum absolute atomic E-state index is 0.890. The van der Waals surface area contributed by atoms with Crippen molar-refractivity contribution in [2.45, 2.75) is 65.7 Å². The first-order valence-electron chi connectivity index (χ1n) is 6.92.